The minimum Gasteiger partial charge on any atom is -0.492 e. The van der Waals surface area contributed by atoms with Crippen LogP contribution in [0.1, 0.15) is 24.0 Å². The summed E-state index contributed by atoms with van der Waals surface area (Å²) in [5, 5.41) is 3.91. The molecule has 0 bridgehead atoms. The average Bonchev–Trinajstić information content (AvgIpc) is 2.81. The molecule has 33 heavy (non-hydrogen) atoms. The number of piperidine rings is 1. The third kappa shape index (κ3) is 7.33. The van der Waals surface area contributed by atoms with E-state index in [2.05, 4.69) is 5.32 Å². The minimum atomic E-state index is -4.40. The molecule has 1 fully saturated rings. The van der Waals surface area contributed by atoms with E-state index in [1.807, 2.05) is 30.3 Å². The molecule has 1 aliphatic heterocycles. The lowest BCUT2D eigenvalue weighted by Gasteiger charge is -2.29. The Bertz CT molecular complexity index is 1050. The van der Waals surface area contributed by atoms with Crippen LogP contribution in [0.4, 0.5) is 13.2 Å². The molecule has 3 rings (SSSR count). The molecule has 178 valence electrons. The lowest BCUT2D eigenvalue weighted by Crippen LogP contribution is -2.43. The number of carbonyl (C=O) groups excluding carboxylic acids is 1. The van der Waals surface area contributed by atoms with Gasteiger partial charge in [0.25, 0.3) is 0 Å². The summed E-state index contributed by atoms with van der Waals surface area (Å²) in [6, 6.07) is 13.4. The summed E-state index contributed by atoms with van der Waals surface area (Å²) < 4.78 is 69.4. The fraction of sp³-hybridized carbons (Fsp3) is 0.348. The Morgan fingerprint density at radius 1 is 1.06 bits per heavy atom. The zero-order chi connectivity index (χ0) is 23.9. The molecule has 1 heterocycles. The molecule has 1 aliphatic rings. The first kappa shape index (κ1) is 24.8. The maximum Gasteiger partial charge on any atom is 0.416 e. The number of nitrogens with zero attached hydrogens (tertiary/aromatic N) is 1. The van der Waals surface area contributed by atoms with Crippen molar-refractivity contribution in [2.24, 2.45) is 5.92 Å². The van der Waals surface area contributed by atoms with Crippen LogP contribution >= 0.6 is 0 Å². The van der Waals surface area contributed by atoms with E-state index in [4.69, 9.17) is 4.74 Å². The number of rotatable bonds is 8. The first-order valence-electron chi connectivity index (χ1n) is 10.5. The number of carbonyl (C=O) groups is 1. The van der Waals surface area contributed by atoms with Gasteiger partial charge in [-0.15, -0.1) is 0 Å². The predicted octanol–water partition coefficient (Wildman–Crippen LogP) is 3.91. The molecule has 1 amide bonds. The summed E-state index contributed by atoms with van der Waals surface area (Å²) in [5.74, 6) is -0.220. The van der Waals surface area contributed by atoms with Gasteiger partial charge in [-0.1, -0.05) is 30.3 Å². The highest BCUT2D eigenvalue weighted by molar-refractivity contribution is 7.92. The Kier molecular flexibility index (Phi) is 8.15. The topological polar surface area (TPSA) is 75.7 Å². The quantitative estimate of drug-likeness (QED) is 0.579. The molecule has 10 heteroatoms. The van der Waals surface area contributed by atoms with Crippen molar-refractivity contribution < 1.29 is 31.1 Å². The molecule has 0 unspecified atom stereocenters. The number of alkyl halides is 3. The van der Waals surface area contributed by atoms with Crippen molar-refractivity contribution in [2.45, 2.75) is 19.0 Å². The molecule has 1 N–H and O–H groups in total. The van der Waals surface area contributed by atoms with E-state index in [9.17, 15) is 26.4 Å². The number of benzene rings is 2. The van der Waals surface area contributed by atoms with Crippen molar-refractivity contribution in [2.75, 3.05) is 26.2 Å². The van der Waals surface area contributed by atoms with Crippen LogP contribution < -0.4 is 10.1 Å². The lowest BCUT2D eigenvalue weighted by atomic mass is 9.97. The van der Waals surface area contributed by atoms with Gasteiger partial charge in [0, 0.05) is 24.4 Å². The number of ether oxygens (including phenoxy) is 1. The maximum absolute atomic E-state index is 12.6. The van der Waals surface area contributed by atoms with Crippen molar-refractivity contribution in [1.82, 2.24) is 9.62 Å². The molecule has 1 saturated heterocycles. The van der Waals surface area contributed by atoms with Crippen molar-refractivity contribution in [3.8, 4) is 5.75 Å². The highest BCUT2D eigenvalue weighted by Crippen LogP contribution is 2.30. The summed E-state index contributed by atoms with van der Waals surface area (Å²) in [6.07, 6.45) is -2.04. The summed E-state index contributed by atoms with van der Waals surface area (Å²) in [4.78, 5) is 12.4. The smallest absolute Gasteiger partial charge is 0.416 e. The van der Waals surface area contributed by atoms with Crippen LogP contribution in [0.3, 0.4) is 0 Å². The van der Waals surface area contributed by atoms with E-state index in [0.29, 0.717) is 12.8 Å². The van der Waals surface area contributed by atoms with Crippen LogP contribution in [0.15, 0.2) is 60.0 Å². The normalized spacial score (nSPS) is 16.1. The van der Waals surface area contributed by atoms with Crippen LogP contribution in [0.5, 0.6) is 5.75 Å². The Balaban J connectivity index is 1.39. The zero-order valence-electron chi connectivity index (χ0n) is 17.8. The molecule has 0 spiro atoms. The van der Waals surface area contributed by atoms with Crippen LogP contribution in [-0.2, 0) is 21.0 Å². The number of nitrogens with one attached hydrogen (secondary N) is 1. The molecule has 0 radical (unpaired) electrons. The van der Waals surface area contributed by atoms with E-state index in [1.165, 1.54) is 21.8 Å². The maximum atomic E-state index is 12.6. The standard InChI is InChI=1S/C23H25F3N2O4S/c24-23(25,26)20-6-8-21(9-7-20)32-16-13-27-22(29)19-10-14-28(15-11-19)33(30,31)17-12-18-4-2-1-3-5-18/h1-9,12,17,19H,10-11,13-16H2,(H,27,29)/b17-12+. The van der Waals surface area contributed by atoms with Crippen LogP contribution in [-0.4, -0.2) is 44.9 Å². The van der Waals surface area contributed by atoms with Crippen LogP contribution in [0.25, 0.3) is 6.08 Å². The van der Waals surface area contributed by atoms with E-state index >= 15 is 0 Å². The minimum absolute atomic E-state index is 0.106. The van der Waals surface area contributed by atoms with Crippen molar-refractivity contribution >= 4 is 22.0 Å². The molecule has 2 aromatic rings. The van der Waals surface area contributed by atoms with Gasteiger partial charge in [-0.05, 0) is 48.7 Å². The fourth-order valence-electron chi connectivity index (χ4n) is 3.41. The van der Waals surface area contributed by atoms with Gasteiger partial charge in [0.1, 0.15) is 12.4 Å². The average molecular weight is 483 g/mol. The Morgan fingerprint density at radius 2 is 1.70 bits per heavy atom. The molecule has 0 aliphatic carbocycles. The number of halogens is 3. The van der Waals surface area contributed by atoms with Crippen molar-refractivity contribution in [3.63, 3.8) is 0 Å². The Hall–Kier alpha value is -2.85. The van der Waals surface area contributed by atoms with E-state index in [0.717, 1.165) is 17.7 Å². The Labute approximate surface area is 191 Å². The largest absolute Gasteiger partial charge is 0.492 e. The van der Waals surface area contributed by atoms with Gasteiger partial charge in [-0.3, -0.25) is 4.79 Å². The first-order valence-corrected chi connectivity index (χ1v) is 12.0. The van der Waals surface area contributed by atoms with Gasteiger partial charge in [-0.25, -0.2) is 8.42 Å². The molecule has 0 atom stereocenters. The fourth-order valence-corrected chi connectivity index (χ4v) is 4.64. The van der Waals surface area contributed by atoms with Gasteiger partial charge in [0.05, 0.1) is 12.1 Å². The second kappa shape index (κ2) is 10.8. The van der Waals surface area contributed by atoms with E-state index < -0.39 is 21.8 Å². The highest BCUT2D eigenvalue weighted by atomic mass is 32.2. The predicted molar refractivity (Wildman–Crippen MR) is 119 cm³/mol. The monoisotopic (exact) mass is 482 g/mol. The van der Waals surface area contributed by atoms with Gasteiger partial charge in [-0.2, -0.15) is 17.5 Å². The number of hydrogen-bond acceptors (Lipinski definition) is 4. The molecule has 0 saturated carbocycles. The molecule has 0 aromatic heterocycles. The van der Waals surface area contributed by atoms with Crippen LogP contribution in [0, 0.1) is 5.92 Å². The molecule has 2 aromatic carbocycles. The summed E-state index contributed by atoms with van der Waals surface area (Å²) >= 11 is 0. The van der Waals surface area contributed by atoms with Gasteiger partial charge < -0.3 is 10.1 Å². The van der Waals surface area contributed by atoms with Gasteiger partial charge in [0.2, 0.25) is 15.9 Å². The SMILES string of the molecule is O=C(NCCOc1ccc(C(F)(F)F)cc1)C1CCN(S(=O)(=O)/C=C/c2ccccc2)CC1. The number of sulfonamides is 1. The molecular formula is C23H25F3N2O4S. The van der Waals surface area contributed by atoms with Crippen molar-refractivity contribution in [3.05, 3.63) is 71.1 Å². The van der Waals surface area contributed by atoms with Gasteiger partial charge in [0.15, 0.2) is 0 Å². The highest BCUT2D eigenvalue weighted by Gasteiger charge is 2.30. The first-order chi connectivity index (χ1) is 15.6. The Morgan fingerprint density at radius 3 is 2.30 bits per heavy atom. The van der Waals surface area contributed by atoms with Gasteiger partial charge >= 0.3 is 6.18 Å². The summed E-state index contributed by atoms with van der Waals surface area (Å²) in [6.45, 7) is 0.802. The second-order valence-electron chi connectivity index (χ2n) is 7.59. The molecular weight excluding hydrogens is 457 g/mol. The summed E-state index contributed by atoms with van der Waals surface area (Å²) in [5.41, 5.74) is 0.0286. The molecule has 6 nitrogen and oxygen atoms in total. The second-order valence-corrected chi connectivity index (χ2v) is 9.41. The third-order valence-corrected chi connectivity index (χ3v) is 6.83. The van der Waals surface area contributed by atoms with Crippen LogP contribution in [0.2, 0.25) is 0 Å². The summed E-state index contributed by atoms with van der Waals surface area (Å²) in [7, 11) is -3.56. The van der Waals surface area contributed by atoms with Crippen molar-refractivity contribution in [1.29, 1.82) is 0 Å². The number of hydrogen-bond donors (Lipinski definition) is 1. The van der Waals surface area contributed by atoms with E-state index in [-0.39, 0.29) is 43.8 Å². The van der Waals surface area contributed by atoms with E-state index in [1.54, 1.807) is 6.08 Å². The lowest BCUT2D eigenvalue weighted by molar-refractivity contribution is -0.137. The number of amides is 1. The third-order valence-electron chi connectivity index (χ3n) is 5.27. The zero-order valence-corrected chi connectivity index (χ0v) is 18.6.